The normalized spacial score (nSPS) is 17.1. The fourth-order valence-electron chi connectivity index (χ4n) is 0.726. The van der Waals surface area contributed by atoms with Gasteiger partial charge < -0.3 is 14.2 Å². The van der Waals surface area contributed by atoms with Crippen LogP contribution in [0.5, 0.6) is 0 Å². The molecule has 0 radical (unpaired) electrons. The monoisotopic (exact) mass is 224 g/mol. The minimum atomic E-state index is -3.48. The van der Waals surface area contributed by atoms with Crippen LogP contribution in [0.25, 0.3) is 0 Å². The van der Waals surface area contributed by atoms with Gasteiger partial charge in [-0.15, -0.1) is 0 Å². The Labute approximate surface area is 83.9 Å². The van der Waals surface area contributed by atoms with E-state index in [-0.39, 0.29) is 12.6 Å². The van der Waals surface area contributed by atoms with Gasteiger partial charge in [0.15, 0.2) is 0 Å². The molecule has 0 bridgehead atoms. The minimum absolute atomic E-state index is 0.0352. The van der Waals surface area contributed by atoms with Crippen LogP contribution in [-0.2, 0) is 18.6 Å². The Morgan fingerprint density at radius 3 is 2.43 bits per heavy atom. The van der Waals surface area contributed by atoms with Crippen LogP contribution in [0, 0.1) is 0 Å². The highest BCUT2D eigenvalue weighted by Gasteiger charge is 2.17. The van der Waals surface area contributed by atoms with E-state index in [0.717, 1.165) is 6.66 Å². The summed E-state index contributed by atoms with van der Waals surface area (Å²) in [5.41, 5.74) is 0. The molecule has 0 saturated carbocycles. The van der Waals surface area contributed by atoms with Gasteiger partial charge in [0.25, 0.3) is 0 Å². The van der Waals surface area contributed by atoms with Crippen molar-refractivity contribution in [3.8, 4) is 0 Å². The number of rotatable bonds is 6. The van der Waals surface area contributed by atoms with Crippen LogP contribution in [0.4, 0.5) is 0 Å². The maximum atomic E-state index is 10.9. The lowest BCUT2D eigenvalue weighted by Gasteiger charge is -2.16. The first kappa shape index (κ1) is 13.6. The van der Waals surface area contributed by atoms with Crippen molar-refractivity contribution in [2.45, 2.75) is 32.8 Å². The van der Waals surface area contributed by atoms with Gasteiger partial charge in [-0.2, -0.15) is 0 Å². The molecule has 0 heterocycles. The van der Waals surface area contributed by atoms with Gasteiger partial charge in [0.05, 0.1) is 6.61 Å². The second-order valence-electron chi connectivity index (χ2n) is 2.97. The Kier molecular flexibility index (Phi) is 6.00. The highest BCUT2D eigenvalue weighted by molar-refractivity contribution is 7.51. The molecule has 0 aliphatic carbocycles. The molecule has 0 rings (SSSR count). The minimum Gasteiger partial charge on any atom is -0.460 e. The van der Waals surface area contributed by atoms with E-state index in [0.29, 0.717) is 12.8 Å². The summed E-state index contributed by atoms with van der Waals surface area (Å²) in [6.07, 6.45) is 0.411. The van der Waals surface area contributed by atoms with Gasteiger partial charge in [0.2, 0.25) is 0 Å². The molecule has 0 amide bonds. The van der Waals surface area contributed by atoms with E-state index >= 15 is 0 Å². The maximum absolute atomic E-state index is 10.9. The Balaban J connectivity index is 3.92. The van der Waals surface area contributed by atoms with Crippen molar-refractivity contribution in [2.75, 3.05) is 13.3 Å². The van der Waals surface area contributed by atoms with Crippen molar-refractivity contribution in [3.63, 3.8) is 0 Å². The van der Waals surface area contributed by atoms with E-state index in [9.17, 15) is 9.36 Å². The van der Waals surface area contributed by atoms with Crippen molar-refractivity contribution >= 4 is 13.6 Å². The van der Waals surface area contributed by atoms with Gasteiger partial charge in [0.1, 0.15) is 6.10 Å². The van der Waals surface area contributed by atoms with Crippen molar-refractivity contribution in [3.05, 3.63) is 0 Å². The van der Waals surface area contributed by atoms with Crippen LogP contribution >= 0.6 is 7.60 Å². The number of hydrogen-bond donors (Lipinski definition) is 1. The fourth-order valence-corrected chi connectivity index (χ4v) is 1.17. The zero-order valence-corrected chi connectivity index (χ0v) is 9.62. The van der Waals surface area contributed by atoms with E-state index in [1.165, 1.54) is 0 Å². The van der Waals surface area contributed by atoms with Gasteiger partial charge in [0, 0.05) is 13.1 Å². The Hall–Kier alpha value is -0.380. The molecule has 0 saturated heterocycles. The molecule has 2 atom stereocenters. The Morgan fingerprint density at radius 2 is 2.07 bits per heavy atom. The average molecular weight is 224 g/mol. The smallest absolute Gasteiger partial charge is 0.325 e. The van der Waals surface area contributed by atoms with E-state index in [1.807, 2.05) is 6.92 Å². The van der Waals surface area contributed by atoms with Crippen LogP contribution in [0.3, 0.4) is 0 Å². The highest BCUT2D eigenvalue weighted by atomic mass is 31.2. The van der Waals surface area contributed by atoms with Gasteiger partial charge in [-0.25, -0.2) is 0 Å². The molecule has 0 fully saturated rings. The summed E-state index contributed by atoms with van der Waals surface area (Å²) >= 11 is 0. The third kappa shape index (κ3) is 7.06. The lowest BCUT2D eigenvalue weighted by molar-refractivity contribution is -0.150. The number of carbonyl (C=O) groups is 1. The zero-order valence-electron chi connectivity index (χ0n) is 8.73. The summed E-state index contributed by atoms with van der Waals surface area (Å²) in [6, 6.07) is 0. The van der Waals surface area contributed by atoms with Crippen molar-refractivity contribution in [1.29, 1.82) is 0 Å². The van der Waals surface area contributed by atoms with Crippen molar-refractivity contribution in [1.82, 2.24) is 0 Å². The lowest BCUT2D eigenvalue weighted by Crippen LogP contribution is -2.21. The van der Waals surface area contributed by atoms with E-state index < -0.39 is 13.7 Å². The van der Waals surface area contributed by atoms with Crippen LogP contribution in [0.2, 0.25) is 0 Å². The second-order valence-corrected chi connectivity index (χ2v) is 4.84. The maximum Gasteiger partial charge on any atom is 0.325 e. The highest BCUT2D eigenvalue weighted by Crippen LogP contribution is 2.36. The van der Waals surface area contributed by atoms with Crippen molar-refractivity contribution in [2.24, 2.45) is 0 Å². The van der Waals surface area contributed by atoms with Gasteiger partial charge in [-0.3, -0.25) is 9.36 Å². The summed E-state index contributed by atoms with van der Waals surface area (Å²) in [4.78, 5) is 19.7. The third-order valence-electron chi connectivity index (χ3n) is 1.54. The topological polar surface area (TPSA) is 72.8 Å². The predicted molar refractivity (Wildman–Crippen MR) is 52.2 cm³/mol. The molecular weight excluding hydrogens is 207 g/mol. The van der Waals surface area contributed by atoms with E-state index in [2.05, 4.69) is 4.52 Å². The Bertz CT molecular complexity index is 222. The van der Waals surface area contributed by atoms with Crippen LogP contribution in [-0.4, -0.2) is 30.2 Å². The quantitative estimate of drug-likeness (QED) is 0.547. The van der Waals surface area contributed by atoms with E-state index in [4.69, 9.17) is 9.63 Å². The standard InChI is InChI=1S/C8H17O5P/c1-4-7(13-8(9)5-2)6-12-14(3,10)11/h7H,4-6H2,1-3H3,(H,10,11). The number of hydrogen-bond acceptors (Lipinski definition) is 4. The SMILES string of the molecule is CCC(=O)OC(CC)COP(C)(=O)O. The Morgan fingerprint density at radius 1 is 1.50 bits per heavy atom. The molecule has 0 aliphatic rings. The van der Waals surface area contributed by atoms with Crippen LogP contribution < -0.4 is 0 Å². The van der Waals surface area contributed by atoms with Crippen LogP contribution in [0.15, 0.2) is 0 Å². The molecule has 0 aromatic heterocycles. The summed E-state index contributed by atoms with van der Waals surface area (Å²) in [5.74, 6) is -0.329. The van der Waals surface area contributed by atoms with E-state index in [1.54, 1.807) is 6.92 Å². The van der Waals surface area contributed by atoms with Crippen LogP contribution in [0.1, 0.15) is 26.7 Å². The summed E-state index contributed by atoms with van der Waals surface area (Å²) in [5, 5.41) is 0. The second kappa shape index (κ2) is 6.17. The summed E-state index contributed by atoms with van der Waals surface area (Å²) in [6.45, 7) is 4.56. The zero-order chi connectivity index (χ0) is 11.2. The first-order chi connectivity index (χ1) is 6.39. The molecule has 14 heavy (non-hydrogen) atoms. The largest absolute Gasteiger partial charge is 0.460 e. The molecule has 5 nitrogen and oxygen atoms in total. The molecular formula is C8H17O5P. The predicted octanol–water partition coefficient (Wildman–Crippen LogP) is 1.55. The lowest BCUT2D eigenvalue weighted by atomic mass is 10.3. The average Bonchev–Trinajstić information content (AvgIpc) is 2.10. The molecule has 0 aliphatic heterocycles. The molecule has 0 aromatic carbocycles. The van der Waals surface area contributed by atoms with Crippen molar-refractivity contribution < 1.29 is 23.5 Å². The molecule has 0 aromatic rings. The molecule has 0 spiro atoms. The van der Waals surface area contributed by atoms with Gasteiger partial charge in [-0.05, 0) is 6.42 Å². The number of ether oxygens (including phenoxy) is 1. The first-order valence-corrected chi connectivity index (χ1v) is 6.55. The number of esters is 1. The molecule has 6 heteroatoms. The third-order valence-corrected chi connectivity index (χ3v) is 2.17. The molecule has 2 unspecified atom stereocenters. The summed E-state index contributed by atoms with van der Waals surface area (Å²) < 4.78 is 20.4. The first-order valence-electron chi connectivity index (χ1n) is 4.53. The molecule has 84 valence electrons. The molecule has 1 N–H and O–H groups in total. The number of carbonyl (C=O) groups excluding carboxylic acids is 1. The van der Waals surface area contributed by atoms with Gasteiger partial charge in [-0.1, -0.05) is 13.8 Å². The summed E-state index contributed by atoms with van der Waals surface area (Å²) in [7, 11) is -3.48. The fraction of sp³-hybridized carbons (Fsp3) is 0.875. The van der Waals surface area contributed by atoms with Gasteiger partial charge >= 0.3 is 13.6 Å².